The number of halogens is 1. The summed E-state index contributed by atoms with van der Waals surface area (Å²) in [5, 5.41) is 27.4. The van der Waals surface area contributed by atoms with Crippen LogP contribution in [0, 0.1) is 0 Å². The van der Waals surface area contributed by atoms with Crippen LogP contribution in [0.3, 0.4) is 0 Å². The maximum absolute atomic E-state index is 9.20. The number of hydrogen-bond donors (Lipinski definition) is 3. The van der Waals surface area contributed by atoms with E-state index in [1.807, 2.05) is 0 Å². The van der Waals surface area contributed by atoms with Crippen LogP contribution in [0.2, 0.25) is 0 Å². The Balaban J connectivity index is 3.69. The number of aliphatic hydroxyl groups excluding tert-OH is 3. The van der Waals surface area contributed by atoms with Crippen LogP contribution in [0.25, 0.3) is 0 Å². The summed E-state index contributed by atoms with van der Waals surface area (Å²) in [6, 6.07) is 0. The molecular weight excluding hydrogens is 300 g/mol. The Labute approximate surface area is 121 Å². The van der Waals surface area contributed by atoms with Crippen molar-refractivity contribution in [2.75, 3.05) is 48.7 Å². The number of hydrogen-bond acceptors (Lipinski definition) is 6. The van der Waals surface area contributed by atoms with E-state index in [2.05, 4.69) is 0 Å². The first-order chi connectivity index (χ1) is 8.28. The lowest BCUT2D eigenvalue weighted by Gasteiger charge is -2.17. The number of aliphatic hydroxyl groups is 3. The van der Waals surface area contributed by atoms with Crippen molar-refractivity contribution in [3.05, 3.63) is 0 Å². The van der Waals surface area contributed by atoms with E-state index in [0.29, 0.717) is 11.6 Å². The molecule has 2 atom stereocenters. The van der Waals surface area contributed by atoms with Crippen molar-refractivity contribution < 1.29 is 15.3 Å². The first-order valence-corrected chi connectivity index (χ1v) is 9.26. The lowest BCUT2D eigenvalue weighted by Crippen LogP contribution is -2.19. The van der Waals surface area contributed by atoms with Gasteiger partial charge in [0.1, 0.15) is 0 Å². The van der Waals surface area contributed by atoms with E-state index in [1.165, 1.54) is 0 Å². The largest absolute Gasteiger partial charge is 0.396 e. The molecule has 0 rings (SSSR count). The van der Waals surface area contributed by atoms with Crippen LogP contribution in [0.1, 0.15) is 0 Å². The van der Waals surface area contributed by atoms with Crippen LogP contribution in [0.5, 0.6) is 0 Å². The topological polar surface area (TPSA) is 60.7 Å². The lowest BCUT2D eigenvalue weighted by atomic mass is 10.5. The summed E-state index contributed by atoms with van der Waals surface area (Å²) in [6.45, 7) is 0.468. The first kappa shape index (κ1) is 18.2. The Morgan fingerprint density at radius 1 is 0.882 bits per heavy atom. The minimum absolute atomic E-state index is 0.140. The minimum Gasteiger partial charge on any atom is -0.396 e. The third-order valence-corrected chi connectivity index (χ3v) is 6.45. The van der Waals surface area contributed by atoms with Gasteiger partial charge in [-0.05, 0) is 0 Å². The van der Waals surface area contributed by atoms with Gasteiger partial charge < -0.3 is 15.3 Å². The molecule has 0 aromatic rings. The summed E-state index contributed by atoms with van der Waals surface area (Å²) < 4.78 is 0. The molecule has 0 saturated heterocycles. The number of alkyl halides is 1. The lowest BCUT2D eigenvalue weighted by molar-refractivity contribution is 0.297. The molecule has 0 saturated carbocycles. The quantitative estimate of drug-likeness (QED) is 0.370. The van der Waals surface area contributed by atoms with Crippen molar-refractivity contribution in [3.8, 4) is 0 Å². The fourth-order valence-corrected chi connectivity index (χ4v) is 4.49. The van der Waals surface area contributed by atoms with Gasteiger partial charge in [-0.3, -0.25) is 0 Å². The smallest absolute Gasteiger partial charge is 0.0558 e. The van der Waals surface area contributed by atoms with E-state index < -0.39 is 0 Å². The van der Waals surface area contributed by atoms with Gasteiger partial charge in [0, 0.05) is 39.4 Å². The number of thioether (sulfide) groups is 3. The van der Waals surface area contributed by atoms with Gasteiger partial charge in [-0.2, -0.15) is 35.3 Å². The molecule has 17 heavy (non-hydrogen) atoms. The van der Waals surface area contributed by atoms with E-state index >= 15 is 0 Å². The van der Waals surface area contributed by atoms with Crippen molar-refractivity contribution in [2.45, 2.75) is 10.5 Å². The van der Waals surface area contributed by atoms with E-state index in [-0.39, 0.29) is 30.3 Å². The molecule has 0 aliphatic carbocycles. The van der Waals surface area contributed by atoms with Gasteiger partial charge in [0.2, 0.25) is 0 Å². The Hall–Kier alpha value is 1.22. The fourth-order valence-electron chi connectivity index (χ4n) is 1.04. The van der Waals surface area contributed by atoms with Crippen LogP contribution in [0.15, 0.2) is 0 Å². The molecule has 3 N–H and O–H groups in total. The highest BCUT2D eigenvalue weighted by Gasteiger charge is 2.13. The molecule has 0 heterocycles. The highest BCUT2D eigenvalue weighted by Crippen LogP contribution is 2.22. The molecule has 104 valence electrons. The fraction of sp³-hybridized carbons (Fsp3) is 1.00. The molecule has 2 unspecified atom stereocenters. The Morgan fingerprint density at radius 3 is 2.06 bits per heavy atom. The molecule has 0 aromatic heterocycles. The third-order valence-electron chi connectivity index (χ3n) is 1.90. The highest BCUT2D eigenvalue weighted by atomic mass is 35.5. The summed E-state index contributed by atoms with van der Waals surface area (Å²) in [7, 11) is 0. The second kappa shape index (κ2) is 13.6. The molecular formula is C10H21ClO3S3. The van der Waals surface area contributed by atoms with Gasteiger partial charge in [0.25, 0.3) is 0 Å². The second-order valence-corrected chi connectivity index (χ2v) is 7.57. The molecule has 0 aromatic carbocycles. The monoisotopic (exact) mass is 320 g/mol. The normalized spacial score (nSPS) is 14.8. The summed E-state index contributed by atoms with van der Waals surface area (Å²) >= 11 is 10.6. The molecule has 0 aliphatic heterocycles. The van der Waals surface area contributed by atoms with Crippen molar-refractivity contribution >= 4 is 46.9 Å². The van der Waals surface area contributed by atoms with Crippen LogP contribution in [-0.2, 0) is 0 Å². The summed E-state index contributed by atoms with van der Waals surface area (Å²) in [4.78, 5) is 0. The van der Waals surface area contributed by atoms with Crippen molar-refractivity contribution in [3.63, 3.8) is 0 Å². The van der Waals surface area contributed by atoms with Gasteiger partial charge in [0.15, 0.2) is 0 Å². The summed E-state index contributed by atoms with van der Waals surface area (Å²) in [5.74, 6) is 3.81. The molecule has 7 heteroatoms. The van der Waals surface area contributed by atoms with Gasteiger partial charge in [-0.25, -0.2) is 0 Å². The van der Waals surface area contributed by atoms with E-state index in [0.717, 1.165) is 17.3 Å². The van der Waals surface area contributed by atoms with Crippen LogP contribution in [0.4, 0.5) is 0 Å². The van der Waals surface area contributed by atoms with Crippen LogP contribution < -0.4 is 0 Å². The molecule has 0 radical (unpaired) electrons. The van der Waals surface area contributed by atoms with Crippen molar-refractivity contribution in [2.24, 2.45) is 0 Å². The zero-order valence-electron chi connectivity index (χ0n) is 9.76. The Kier molecular flexibility index (Phi) is 14.6. The zero-order chi connectivity index (χ0) is 12.9. The Bertz CT molecular complexity index is 166. The maximum atomic E-state index is 9.20. The highest BCUT2D eigenvalue weighted by molar-refractivity contribution is 8.05. The molecule has 0 bridgehead atoms. The van der Waals surface area contributed by atoms with Crippen LogP contribution in [-0.4, -0.2) is 74.5 Å². The molecule has 0 aliphatic rings. The number of rotatable bonds is 12. The minimum atomic E-state index is 0.140. The van der Waals surface area contributed by atoms with E-state index in [1.54, 1.807) is 35.3 Å². The summed E-state index contributed by atoms with van der Waals surface area (Å²) in [5.41, 5.74) is 0. The van der Waals surface area contributed by atoms with Gasteiger partial charge in [-0.15, -0.1) is 11.6 Å². The maximum Gasteiger partial charge on any atom is 0.0558 e. The molecule has 0 amide bonds. The first-order valence-electron chi connectivity index (χ1n) is 5.48. The molecule has 0 fully saturated rings. The van der Waals surface area contributed by atoms with E-state index in [4.69, 9.17) is 16.7 Å². The van der Waals surface area contributed by atoms with Crippen molar-refractivity contribution in [1.82, 2.24) is 0 Å². The molecule has 0 spiro atoms. The van der Waals surface area contributed by atoms with Crippen LogP contribution >= 0.6 is 46.9 Å². The zero-order valence-corrected chi connectivity index (χ0v) is 13.0. The standard InChI is InChI=1S/C10H21ClO3S3/c11-1-3-16-10(6-14)8-17-9(5-13)7-15-4-2-12/h9-10,12-14H,1-8H2. The SMILES string of the molecule is OCCSCC(CO)SCC(CO)SCCCl. The van der Waals surface area contributed by atoms with Gasteiger partial charge >= 0.3 is 0 Å². The predicted octanol–water partition coefficient (Wildman–Crippen LogP) is 1.14. The van der Waals surface area contributed by atoms with E-state index in [9.17, 15) is 10.2 Å². The molecule has 3 nitrogen and oxygen atoms in total. The second-order valence-electron chi connectivity index (χ2n) is 3.30. The van der Waals surface area contributed by atoms with Gasteiger partial charge in [0.05, 0.1) is 19.8 Å². The average molecular weight is 321 g/mol. The Morgan fingerprint density at radius 2 is 1.53 bits per heavy atom. The third kappa shape index (κ3) is 10.8. The van der Waals surface area contributed by atoms with Gasteiger partial charge in [-0.1, -0.05) is 0 Å². The predicted molar refractivity (Wildman–Crippen MR) is 81.8 cm³/mol. The summed E-state index contributed by atoms with van der Waals surface area (Å²) in [6.07, 6.45) is 0. The van der Waals surface area contributed by atoms with Crippen molar-refractivity contribution in [1.29, 1.82) is 0 Å². The average Bonchev–Trinajstić information content (AvgIpc) is 2.36.